The van der Waals surface area contributed by atoms with E-state index in [0.29, 0.717) is 6.07 Å². The summed E-state index contributed by atoms with van der Waals surface area (Å²) in [5.74, 6) is -5.25. The molecule has 2 unspecified atom stereocenters. The van der Waals surface area contributed by atoms with Crippen molar-refractivity contribution in [2.45, 2.75) is 10.4 Å². The first-order valence-electron chi connectivity index (χ1n) is 8.76. The molecule has 5 nitrogen and oxygen atoms in total. The molecular formula is C19H17F6N2O3S2+. The van der Waals surface area contributed by atoms with Crippen LogP contribution >= 0.6 is 11.8 Å². The third-order valence-corrected chi connectivity index (χ3v) is 5.85. The van der Waals surface area contributed by atoms with E-state index in [2.05, 4.69) is 0 Å². The Kier molecular flexibility index (Phi) is 8.12. The maximum atomic E-state index is 14.7. The molecule has 32 heavy (non-hydrogen) atoms. The highest BCUT2D eigenvalue weighted by molar-refractivity contribution is 8.00. The lowest BCUT2D eigenvalue weighted by Crippen LogP contribution is -2.59. The normalized spacial score (nSPS) is 14.5. The van der Waals surface area contributed by atoms with Gasteiger partial charge in [0.2, 0.25) is 0 Å². The fraction of sp³-hybridized carbons (Fsp3) is 0.263. The predicted octanol–water partition coefficient (Wildman–Crippen LogP) is 4.58. The van der Waals surface area contributed by atoms with Gasteiger partial charge in [0.15, 0.2) is 11.5 Å². The third-order valence-electron chi connectivity index (χ3n) is 4.37. The number of nitrogens with one attached hydrogen (secondary N) is 1. The van der Waals surface area contributed by atoms with Gasteiger partial charge >= 0.3 is 11.5 Å². The van der Waals surface area contributed by atoms with E-state index in [0.717, 1.165) is 37.4 Å². The Labute approximate surface area is 185 Å². The molecule has 0 bridgehead atoms. The van der Waals surface area contributed by atoms with Gasteiger partial charge in [0.05, 0.1) is 12.8 Å². The van der Waals surface area contributed by atoms with Crippen molar-refractivity contribution >= 4 is 40.2 Å². The monoisotopic (exact) mass is 499 g/mol. The van der Waals surface area contributed by atoms with E-state index in [1.54, 1.807) is 5.32 Å². The number of benzene rings is 2. The van der Waals surface area contributed by atoms with Crippen molar-refractivity contribution in [1.82, 2.24) is 9.80 Å². The molecule has 2 aromatic carbocycles. The van der Waals surface area contributed by atoms with Crippen LogP contribution in [-0.4, -0.2) is 47.3 Å². The Morgan fingerprint density at radius 1 is 1.06 bits per heavy atom. The van der Waals surface area contributed by atoms with Gasteiger partial charge in [0.1, 0.15) is 23.7 Å². The van der Waals surface area contributed by atoms with Gasteiger partial charge in [-0.15, -0.1) is 0 Å². The lowest BCUT2D eigenvalue weighted by molar-refractivity contribution is -0.0328. The maximum Gasteiger partial charge on any atom is 0.446 e. The van der Waals surface area contributed by atoms with Crippen LogP contribution in [0, 0.1) is 17.5 Å². The molecule has 0 saturated carbocycles. The lowest BCUT2D eigenvalue weighted by atomic mass is 10.2. The number of thioether (sulfide) groups is 1. The summed E-state index contributed by atoms with van der Waals surface area (Å²) in [5.41, 5.74) is -6.14. The first-order valence-corrected chi connectivity index (χ1v) is 11.3. The molecule has 2 aromatic rings. The number of carbonyl (C=O) groups excluding carboxylic acids is 2. The largest absolute Gasteiger partial charge is 0.446 e. The summed E-state index contributed by atoms with van der Waals surface area (Å²) in [4.78, 5) is 24.7. The number of carbonyl (C=O) groups is 2. The van der Waals surface area contributed by atoms with Gasteiger partial charge in [-0.2, -0.15) is 13.2 Å². The van der Waals surface area contributed by atoms with Crippen LogP contribution in [-0.2, 0) is 10.8 Å². The maximum absolute atomic E-state index is 14.7. The van der Waals surface area contributed by atoms with E-state index in [1.807, 2.05) is 0 Å². The van der Waals surface area contributed by atoms with Gasteiger partial charge in [-0.25, -0.2) is 27.8 Å². The van der Waals surface area contributed by atoms with Crippen molar-refractivity contribution in [3.8, 4) is 0 Å². The number of hydrogen-bond acceptors (Lipinski definition) is 4. The number of hydrogen-bond donors (Lipinski definition) is 1. The second-order valence-corrected chi connectivity index (χ2v) is 9.40. The molecule has 2 rings (SSSR count). The van der Waals surface area contributed by atoms with Crippen LogP contribution in [0.1, 0.15) is 10.4 Å². The molecular weight excluding hydrogens is 482 g/mol. The number of rotatable bonds is 6. The van der Waals surface area contributed by atoms with Crippen LogP contribution in [0.2, 0.25) is 0 Å². The molecule has 0 aliphatic rings. The first-order chi connectivity index (χ1) is 14.7. The minimum absolute atomic E-state index is 0.148. The highest BCUT2D eigenvalue weighted by atomic mass is 32.2. The minimum atomic E-state index is -4.67. The van der Waals surface area contributed by atoms with E-state index in [4.69, 9.17) is 0 Å². The van der Waals surface area contributed by atoms with Crippen LogP contribution in [0.4, 0.5) is 36.8 Å². The molecule has 0 spiro atoms. The van der Waals surface area contributed by atoms with Crippen molar-refractivity contribution < 1.29 is 40.1 Å². The zero-order chi connectivity index (χ0) is 24.3. The van der Waals surface area contributed by atoms with Crippen molar-refractivity contribution in [3.05, 3.63) is 59.4 Å². The fourth-order valence-corrected chi connectivity index (χ4v) is 3.91. The Balaban J connectivity index is 2.42. The Bertz CT molecular complexity index is 1040. The number of amides is 3. The van der Waals surface area contributed by atoms with Gasteiger partial charge in [-0.05, 0) is 36.0 Å². The van der Waals surface area contributed by atoms with Crippen molar-refractivity contribution in [1.29, 1.82) is 0 Å². The second-order valence-electron chi connectivity index (χ2n) is 6.71. The van der Waals surface area contributed by atoms with Crippen LogP contribution < -0.4 is 9.80 Å². The third kappa shape index (κ3) is 6.33. The Morgan fingerprint density at radius 2 is 1.66 bits per heavy atom. The molecule has 1 N–H and O–H groups in total. The van der Waals surface area contributed by atoms with Gasteiger partial charge in [-0.1, -0.05) is 6.07 Å². The fourth-order valence-electron chi connectivity index (χ4n) is 2.73. The zero-order valence-corrected chi connectivity index (χ0v) is 18.3. The van der Waals surface area contributed by atoms with E-state index in [1.165, 1.54) is 6.26 Å². The molecule has 13 heteroatoms. The summed E-state index contributed by atoms with van der Waals surface area (Å²) in [7, 11) is -0.331. The quantitative estimate of drug-likeness (QED) is 0.359. The molecule has 0 radical (unpaired) electrons. The van der Waals surface area contributed by atoms with Crippen molar-refractivity contribution in [2.24, 2.45) is 0 Å². The zero-order valence-electron chi connectivity index (χ0n) is 16.6. The summed E-state index contributed by atoms with van der Waals surface area (Å²) >= 11 is -0.562. The van der Waals surface area contributed by atoms with Crippen molar-refractivity contribution in [2.75, 3.05) is 25.6 Å². The summed E-state index contributed by atoms with van der Waals surface area (Å²) < 4.78 is 90.6. The average Bonchev–Trinajstić information content (AvgIpc) is 2.64. The molecule has 174 valence electrons. The molecule has 0 saturated heterocycles. The molecule has 0 heterocycles. The van der Waals surface area contributed by atoms with Crippen LogP contribution in [0.3, 0.4) is 0 Å². The average molecular weight is 499 g/mol. The van der Waals surface area contributed by atoms with Gasteiger partial charge in [-0.3, -0.25) is 9.00 Å². The Hall–Kier alpha value is -2.38. The Morgan fingerprint density at radius 3 is 2.16 bits per heavy atom. The topological polar surface area (TPSA) is 63.2 Å². The molecule has 0 aliphatic heterocycles. The number of imide groups is 1. The van der Waals surface area contributed by atoms with E-state index < -0.39 is 78.1 Å². The molecule has 0 aromatic heterocycles. The van der Waals surface area contributed by atoms with Crippen molar-refractivity contribution in [3.63, 3.8) is 0 Å². The molecule has 2 atom stereocenters. The number of quaternary nitrogens is 1. The predicted molar refractivity (Wildman–Crippen MR) is 109 cm³/mol. The van der Waals surface area contributed by atoms with Gasteiger partial charge < -0.3 is 0 Å². The highest BCUT2D eigenvalue weighted by Crippen LogP contribution is 2.39. The number of nitrogens with zero attached hydrogens (tertiary/aromatic N) is 1. The SMILES string of the molecule is CS(=O)CC[N+](C)(C(=O)NC(=O)c1c(F)cccc1F)c1ccc(SC(F)(F)F)cc1F. The smallest absolute Gasteiger partial charge is 0.268 e. The molecule has 0 aliphatic carbocycles. The summed E-state index contributed by atoms with van der Waals surface area (Å²) in [6.07, 6.45) is 1.31. The second kappa shape index (κ2) is 10.0. The van der Waals surface area contributed by atoms with E-state index >= 15 is 0 Å². The molecule has 3 amide bonds. The number of halogens is 6. The van der Waals surface area contributed by atoms with E-state index in [9.17, 15) is 40.1 Å². The van der Waals surface area contributed by atoms with Gasteiger partial charge in [0, 0.05) is 28.0 Å². The van der Waals surface area contributed by atoms with Crippen LogP contribution in [0.25, 0.3) is 0 Å². The standard InChI is InChI=1S/C19H16F6N2O3S2/c1-27(8-9-32(2)30,15-7-6-11(10-14(15)22)31-19(23,24)25)18(29)26-17(28)16-12(20)4-3-5-13(16)21/h3-7,10H,8-9H2,1-2H3/p+1. The summed E-state index contributed by atoms with van der Waals surface area (Å²) in [6, 6.07) is 3.81. The minimum Gasteiger partial charge on any atom is -0.268 e. The van der Waals surface area contributed by atoms with E-state index in [-0.39, 0.29) is 12.3 Å². The molecule has 0 fully saturated rings. The van der Waals surface area contributed by atoms with Crippen LogP contribution in [0.5, 0.6) is 0 Å². The summed E-state index contributed by atoms with van der Waals surface area (Å²) in [5, 5.41) is 1.78. The first kappa shape index (κ1) is 25.9. The lowest BCUT2D eigenvalue weighted by Gasteiger charge is -2.30. The summed E-state index contributed by atoms with van der Waals surface area (Å²) in [6.45, 7) is -0.329. The number of urea groups is 1. The highest BCUT2D eigenvalue weighted by Gasteiger charge is 2.40. The van der Waals surface area contributed by atoms with Crippen LogP contribution in [0.15, 0.2) is 41.3 Å². The number of alkyl halides is 3. The van der Waals surface area contributed by atoms with Gasteiger partial charge in [0.25, 0.3) is 5.91 Å².